The Morgan fingerprint density at radius 3 is 2.67 bits per heavy atom. The first-order valence-corrected chi connectivity index (χ1v) is 6.14. The molecule has 0 atom stereocenters. The lowest BCUT2D eigenvalue weighted by Gasteiger charge is -2.08. The van der Waals surface area contributed by atoms with Gasteiger partial charge in [0.15, 0.2) is 0 Å². The molecule has 1 heterocycles. The van der Waals surface area contributed by atoms with E-state index in [1.807, 2.05) is 12.1 Å². The molecule has 1 aromatic carbocycles. The average Bonchev–Trinajstić information content (AvgIpc) is 2.34. The van der Waals surface area contributed by atoms with Gasteiger partial charge in [0.05, 0.1) is 5.69 Å². The number of halogens is 1. The van der Waals surface area contributed by atoms with Gasteiger partial charge in [0.2, 0.25) is 0 Å². The Balaban J connectivity index is 2.53. The molecule has 6 heteroatoms. The summed E-state index contributed by atoms with van der Waals surface area (Å²) in [5, 5.41) is 16.6. The third-order valence-electron chi connectivity index (χ3n) is 2.40. The highest BCUT2D eigenvalue weighted by molar-refractivity contribution is 9.10. The first-order chi connectivity index (χ1) is 8.61. The maximum absolute atomic E-state index is 11.8. The molecule has 0 radical (unpaired) electrons. The second kappa shape index (κ2) is 5.32. The summed E-state index contributed by atoms with van der Waals surface area (Å²) in [7, 11) is 1.75. The minimum atomic E-state index is -0.366. The van der Waals surface area contributed by atoms with E-state index in [0.717, 1.165) is 4.47 Å². The monoisotopic (exact) mass is 309 g/mol. The standard InChI is InChI=1S/C12H12BrN3O2/c1-14-7-10-11(17)6-12(18)16(15-10)9-4-2-8(13)3-5-9/h2-6,14,17H,7H2,1H3. The van der Waals surface area contributed by atoms with Gasteiger partial charge in [0, 0.05) is 17.1 Å². The summed E-state index contributed by atoms with van der Waals surface area (Å²) < 4.78 is 2.19. The Hall–Kier alpha value is -1.66. The van der Waals surface area contributed by atoms with Crippen molar-refractivity contribution in [3.63, 3.8) is 0 Å². The van der Waals surface area contributed by atoms with E-state index in [9.17, 15) is 9.90 Å². The van der Waals surface area contributed by atoms with E-state index < -0.39 is 0 Å². The van der Waals surface area contributed by atoms with Crippen LogP contribution in [0.25, 0.3) is 5.69 Å². The molecular formula is C12H12BrN3O2. The number of nitrogens with zero attached hydrogens (tertiary/aromatic N) is 2. The third-order valence-corrected chi connectivity index (χ3v) is 2.93. The molecule has 0 aliphatic heterocycles. The Morgan fingerprint density at radius 2 is 2.06 bits per heavy atom. The molecular weight excluding hydrogens is 298 g/mol. The van der Waals surface area contributed by atoms with E-state index in [-0.39, 0.29) is 11.3 Å². The van der Waals surface area contributed by atoms with E-state index in [1.54, 1.807) is 19.2 Å². The van der Waals surface area contributed by atoms with E-state index in [4.69, 9.17) is 0 Å². The fourth-order valence-corrected chi connectivity index (χ4v) is 1.81. The average molecular weight is 310 g/mol. The van der Waals surface area contributed by atoms with Crippen LogP contribution in [0.2, 0.25) is 0 Å². The molecule has 94 valence electrons. The van der Waals surface area contributed by atoms with E-state index in [2.05, 4.69) is 26.3 Å². The number of aromatic nitrogens is 2. The minimum absolute atomic E-state index is 0.0947. The smallest absolute Gasteiger partial charge is 0.275 e. The lowest BCUT2D eigenvalue weighted by molar-refractivity contribution is 0.454. The van der Waals surface area contributed by atoms with Gasteiger partial charge >= 0.3 is 0 Å². The number of hydrogen-bond donors (Lipinski definition) is 2. The van der Waals surface area contributed by atoms with Crippen molar-refractivity contribution in [2.75, 3.05) is 7.05 Å². The topological polar surface area (TPSA) is 67.2 Å². The molecule has 2 rings (SSSR count). The minimum Gasteiger partial charge on any atom is -0.506 e. The van der Waals surface area contributed by atoms with Gasteiger partial charge in [0.1, 0.15) is 11.4 Å². The van der Waals surface area contributed by atoms with Crippen LogP contribution in [-0.4, -0.2) is 21.9 Å². The van der Waals surface area contributed by atoms with Gasteiger partial charge in [-0.15, -0.1) is 0 Å². The van der Waals surface area contributed by atoms with Crippen LogP contribution in [0, 0.1) is 0 Å². The van der Waals surface area contributed by atoms with Crippen LogP contribution in [0.5, 0.6) is 5.75 Å². The summed E-state index contributed by atoms with van der Waals surface area (Å²) in [6.07, 6.45) is 0. The molecule has 5 nitrogen and oxygen atoms in total. The van der Waals surface area contributed by atoms with E-state index >= 15 is 0 Å². The van der Waals surface area contributed by atoms with Crippen molar-refractivity contribution in [1.29, 1.82) is 0 Å². The second-order valence-corrected chi connectivity index (χ2v) is 4.65. The SMILES string of the molecule is CNCc1nn(-c2ccc(Br)cc2)c(=O)cc1O. The third kappa shape index (κ3) is 2.60. The number of nitrogens with one attached hydrogen (secondary N) is 1. The van der Waals surface area contributed by atoms with Gasteiger partial charge in [-0.2, -0.15) is 9.78 Å². The molecule has 18 heavy (non-hydrogen) atoms. The Bertz CT molecular complexity index is 608. The lowest BCUT2D eigenvalue weighted by atomic mass is 10.3. The first-order valence-electron chi connectivity index (χ1n) is 5.34. The number of benzene rings is 1. The van der Waals surface area contributed by atoms with Gasteiger partial charge in [-0.1, -0.05) is 15.9 Å². The second-order valence-electron chi connectivity index (χ2n) is 3.73. The molecule has 2 aromatic rings. The fourth-order valence-electron chi connectivity index (χ4n) is 1.54. The summed E-state index contributed by atoms with van der Waals surface area (Å²) in [4.78, 5) is 11.8. The van der Waals surface area contributed by atoms with Crippen LogP contribution in [0.1, 0.15) is 5.69 Å². The number of rotatable bonds is 3. The van der Waals surface area contributed by atoms with Crippen LogP contribution in [0.3, 0.4) is 0 Å². The van der Waals surface area contributed by atoms with Crippen molar-refractivity contribution < 1.29 is 5.11 Å². The van der Waals surface area contributed by atoms with Gasteiger partial charge < -0.3 is 10.4 Å². The van der Waals surface area contributed by atoms with Crippen molar-refractivity contribution in [1.82, 2.24) is 15.1 Å². The van der Waals surface area contributed by atoms with Crippen LogP contribution < -0.4 is 10.9 Å². The van der Waals surface area contributed by atoms with Gasteiger partial charge in [-0.25, -0.2) is 0 Å². The van der Waals surface area contributed by atoms with Crippen molar-refractivity contribution in [3.05, 3.63) is 50.9 Å². The summed E-state index contributed by atoms with van der Waals surface area (Å²) in [6.45, 7) is 0.392. The van der Waals surface area contributed by atoms with E-state index in [1.165, 1.54) is 10.7 Å². The Labute approximate surface area is 112 Å². The first kappa shape index (κ1) is 12.8. The van der Waals surface area contributed by atoms with Crippen LogP contribution in [-0.2, 0) is 6.54 Å². The maximum atomic E-state index is 11.8. The molecule has 0 fully saturated rings. The van der Waals surface area contributed by atoms with Crippen molar-refractivity contribution in [3.8, 4) is 11.4 Å². The summed E-state index contributed by atoms with van der Waals surface area (Å²) in [5.74, 6) is -0.0947. The molecule has 0 unspecified atom stereocenters. The highest BCUT2D eigenvalue weighted by atomic mass is 79.9. The summed E-state index contributed by atoms with van der Waals surface area (Å²) in [6, 6.07) is 8.38. The lowest BCUT2D eigenvalue weighted by Crippen LogP contribution is -2.23. The summed E-state index contributed by atoms with van der Waals surface area (Å²) in [5.41, 5.74) is 0.718. The quantitative estimate of drug-likeness (QED) is 0.900. The van der Waals surface area contributed by atoms with Crippen molar-refractivity contribution >= 4 is 15.9 Å². The zero-order chi connectivity index (χ0) is 13.1. The zero-order valence-electron chi connectivity index (χ0n) is 9.72. The van der Waals surface area contributed by atoms with Crippen LogP contribution >= 0.6 is 15.9 Å². The molecule has 0 spiro atoms. The number of hydrogen-bond acceptors (Lipinski definition) is 4. The maximum Gasteiger partial charge on any atom is 0.275 e. The molecule has 0 aliphatic rings. The molecule has 0 bridgehead atoms. The molecule has 0 aliphatic carbocycles. The zero-order valence-corrected chi connectivity index (χ0v) is 11.3. The van der Waals surface area contributed by atoms with Crippen LogP contribution in [0.4, 0.5) is 0 Å². The number of aromatic hydroxyl groups is 1. The van der Waals surface area contributed by atoms with Crippen LogP contribution in [0.15, 0.2) is 39.6 Å². The summed E-state index contributed by atoms with van der Waals surface area (Å²) >= 11 is 3.33. The Morgan fingerprint density at radius 1 is 1.39 bits per heavy atom. The van der Waals surface area contributed by atoms with Gasteiger partial charge in [0.25, 0.3) is 5.56 Å². The fraction of sp³-hybridized carbons (Fsp3) is 0.167. The van der Waals surface area contributed by atoms with E-state index in [0.29, 0.717) is 17.9 Å². The highest BCUT2D eigenvalue weighted by Gasteiger charge is 2.08. The predicted molar refractivity (Wildman–Crippen MR) is 72.0 cm³/mol. The molecule has 0 amide bonds. The molecule has 2 N–H and O–H groups in total. The molecule has 0 saturated heterocycles. The molecule has 1 aromatic heterocycles. The highest BCUT2D eigenvalue weighted by Crippen LogP contribution is 2.14. The largest absolute Gasteiger partial charge is 0.506 e. The predicted octanol–water partition coefficient (Wildman–Crippen LogP) is 1.42. The van der Waals surface area contributed by atoms with Gasteiger partial charge in [-0.3, -0.25) is 4.79 Å². The van der Waals surface area contributed by atoms with Crippen molar-refractivity contribution in [2.24, 2.45) is 0 Å². The van der Waals surface area contributed by atoms with Crippen molar-refractivity contribution in [2.45, 2.75) is 6.54 Å². The molecule has 0 saturated carbocycles. The Kier molecular flexibility index (Phi) is 3.78. The van der Waals surface area contributed by atoms with Gasteiger partial charge in [-0.05, 0) is 31.3 Å². The normalized spacial score (nSPS) is 10.6.